The standard InChI is InChI=1S/C27H37FN6O3/c1-3-19-16-29-26(30-17-19)34-12-10-23(11-13-34)37-33-22-7-4-20(5-8-22)21-6-9-25(24(28)14-21)32-27(36)31-15-18(2)35/h6,9,14,16-18,20,23,35H,3-5,7-8,10-13,15H2,1-2H3,(H2,31,32,36). The summed E-state index contributed by atoms with van der Waals surface area (Å²) in [4.78, 5) is 28.9. The van der Waals surface area contributed by atoms with Crippen molar-refractivity contribution in [1.82, 2.24) is 15.3 Å². The van der Waals surface area contributed by atoms with Crippen molar-refractivity contribution in [3.63, 3.8) is 0 Å². The van der Waals surface area contributed by atoms with E-state index in [0.29, 0.717) is 0 Å². The number of urea groups is 1. The number of carbonyl (C=O) groups is 1. The van der Waals surface area contributed by atoms with Gasteiger partial charge in [-0.25, -0.2) is 19.2 Å². The molecule has 1 unspecified atom stereocenters. The average molecular weight is 513 g/mol. The summed E-state index contributed by atoms with van der Waals surface area (Å²) in [6.45, 7) is 5.46. The number of amides is 2. The molecule has 1 atom stereocenters. The van der Waals surface area contributed by atoms with Gasteiger partial charge in [-0.1, -0.05) is 18.1 Å². The third-order valence-electron chi connectivity index (χ3n) is 6.99. The van der Waals surface area contributed by atoms with E-state index in [1.54, 1.807) is 13.0 Å². The molecule has 10 heteroatoms. The third kappa shape index (κ3) is 7.61. The van der Waals surface area contributed by atoms with E-state index >= 15 is 0 Å². The lowest BCUT2D eigenvalue weighted by Crippen LogP contribution is -2.37. The SMILES string of the molecule is CCc1cnc(N2CCC(ON=C3CCC(c4ccc(NC(=O)NCC(C)O)c(F)c4)CC3)CC2)nc1. The molecule has 0 spiro atoms. The van der Waals surface area contributed by atoms with Crippen LogP contribution in [-0.2, 0) is 11.3 Å². The maximum absolute atomic E-state index is 14.6. The fourth-order valence-corrected chi connectivity index (χ4v) is 4.67. The molecule has 1 saturated carbocycles. The summed E-state index contributed by atoms with van der Waals surface area (Å²) in [5, 5.41) is 18.7. The first-order chi connectivity index (χ1) is 17.9. The van der Waals surface area contributed by atoms with Gasteiger partial charge in [-0.05, 0) is 68.2 Å². The van der Waals surface area contributed by atoms with Gasteiger partial charge in [-0.2, -0.15) is 0 Å². The quantitative estimate of drug-likeness (QED) is 0.453. The second-order valence-corrected chi connectivity index (χ2v) is 9.89. The number of aromatic nitrogens is 2. The number of benzene rings is 1. The van der Waals surface area contributed by atoms with Crippen molar-refractivity contribution >= 4 is 23.4 Å². The van der Waals surface area contributed by atoms with Gasteiger partial charge >= 0.3 is 6.03 Å². The van der Waals surface area contributed by atoms with Gasteiger partial charge in [0.25, 0.3) is 0 Å². The number of oxime groups is 1. The Morgan fingerprint density at radius 1 is 1.22 bits per heavy atom. The van der Waals surface area contributed by atoms with E-state index < -0.39 is 18.0 Å². The van der Waals surface area contributed by atoms with Gasteiger partial charge in [-0.3, -0.25) is 0 Å². The highest BCUT2D eigenvalue weighted by molar-refractivity contribution is 5.89. The van der Waals surface area contributed by atoms with E-state index in [2.05, 4.69) is 37.6 Å². The predicted molar refractivity (Wildman–Crippen MR) is 141 cm³/mol. The van der Waals surface area contributed by atoms with Crippen molar-refractivity contribution in [2.75, 3.05) is 29.9 Å². The highest BCUT2D eigenvalue weighted by Crippen LogP contribution is 2.33. The van der Waals surface area contributed by atoms with Crippen molar-refractivity contribution < 1.29 is 19.1 Å². The maximum Gasteiger partial charge on any atom is 0.319 e. The Morgan fingerprint density at radius 2 is 1.92 bits per heavy atom. The number of aliphatic hydroxyl groups excluding tert-OH is 1. The molecule has 1 aliphatic heterocycles. The van der Waals surface area contributed by atoms with Crippen LogP contribution >= 0.6 is 0 Å². The molecular formula is C27H37FN6O3. The monoisotopic (exact) mass is 512 g/mol. The molecule has 2 heterocycles. The molecule has 1 aliphatic carbocycles. The van der Waals surface area contributed by atoms with Gasteiger partial charge in [0.15, 0.2) is 0 Å². The topological polar surface area (TPSA) is 112 Å². The number of nitrogens with one attached hydrogen (secondary N) is 2. The summed E-state index contributed by atoms with van der Waals surface area (Å²) in [6, 6.07) is 4.41. The van der Waals surface area contributed by atoms with Crippen molar-refractivity contribution in [3.05, 3.63) is 47.5 Å². The van der Waals surface area contributed by atoms with Crippen LogP contribution in [0.4, 0.5) is 20.8 Å². The van der Waals surface area contributed by atoms with E-state index in [4.69, 9.17) is 4.84 Å². The summed E-state index contributed by atoms with van der Waals surface area (Å²) < 4.78 is 14.6. The van der Waals surface area contributed by atoms with Crippen molar-refractivity contribution in [1.29, 1.82) is 0 Å². The lowest BCUT2D eigenvalue weighted by Gasteiger charge is -2.31. The van der Waals surface area contributed by atoms with Gasteiger partial charge in [0.1, 0.15) is 11.9 Å². The molecular weight excluding hydrogens is 475 g/mol. The maximum atomic E-state index is 14.6. The van der Waals surface area contributed by atoms with Gasteiger partial charge in [-0.15, -0.1) is 0 Å². The first-order valence-corrected chi connectivity index (χ1v) is 13.2. The molecule has 2 amide bonds. The Labute approximate surface area is 217 Å². The number of aliphatic hydroxyl groups is 1. The summed E-state index contributed by atoms with van der Waals surface area (Å²) in [5.41, 5.74) is 3.24. The highest BCUT2D eigenvalue weighted by atomic mass is 19.1. The number of aryl methyl sites for hydroxylation is 1. The number of halogens is 1. The fourth-order valence-electron chi connectivity index (χ4n) is 4.67. The molecule has 1 aromatic carbocycles. The number of hydrogen-bond donors (Lipinski definition) is 3. The number of hydrogen-bond acceptors (Lipinski definition) is 7. The fraction of sp³-hybridized carbons (Fsp3) is 0.556. The minimum Gasteiger partial charge on any atom is -0.392 e. The van der Waals surface area contributed by atoms with Crippen molar-refractivity contribution in [3.8, 4) is 0 Å². The summed E-state index contributed by atoms with van der Waals surface area (Å²) in [7, 11) is 0. The Bertz CT molecular complexity index is 1060. The normalized spacial score (nSPS) is 19.3. The van der Waals surface area contributed by atoms with E-state index in [0.717, 1.165) is 80.8 Å². The summed E-state index contributed by atoms with van der Waals surface area (Å²) in [5.74, 6) is 0.555. The molecule has 37 heavy (non-hydrogen) atoms. The number of piperidine rings is 1. The molecule has 0 radical (unpaired) electrons. The van der Waals surface area contributed by atoms with Crippen LogP contribution < -0.4 is 15.5 Å². The lowest BCUT2D eigenvalue weighted by molar-refractivity contribution is 0.0406. The second kappa shape index (κ2) is 12.8. The van der Waals surface area contributed by atoms with Crippen molar-refractivity contribution in [2.24, 2.45) is 5.16 Å². The third-order valence-corrected chi connectivity index (χ3v) is 6.99. The van der Waals surface area contributed by atoms with E-state index in [1.165, 1.54) is 6.07 Å². The molecule has 200 valence electrons. The summed E-state index contributed by atoms with van der Waals surface area (Å²) >= 11 is 0. The Kier molecular flexibility index (Phi) is 9.27. The first kappa shape index (κ1) is 26.8. The number of anilines is 2. The van der Waals surface area contributed by atoms with Crippen LogP contribution in [0.5, 0.6) is 0 Å². The van der Waals surface area contributed by atoms with Crippen LogP contribution in [0, 0.1) is 5.82 Å². The molecule has 1 saturated heterocycles. The molecule has 3 N–H and O–H groups in total. The lowest BCUT2D eigenvalue weighted by atomic mass is 9.83. The Morgan fingerprint density at radius 3 is 2.54 bits per heavy atom. The number of carbonyl (C=O) groups excluding carboxylic acids is 1. The van der Waals surface area contributed by atoms with Crippen LogP contribution in [0.3, 0.4) is 0 Å². The van der Waals surface area contributed by atoms with Crippen LogP contribution in [0.1, 0.15) is 69.4 Å². The second-order valence-electron chi connectivity index (χ2n) is 9.89. The molecule has 1 aromatic heterocycles. The Balaban J connectivity index is 1.20. The molecule has 2 aliphatic rings. The van der Waals surface area contributed by atoms with Crippen molar-refractivity contribution in [2.45, 2.75) is 76.9 Å². The molecule has 2 fully saturated rings. The number of rotatable bonds is 8. The van der Waals surface area contributed by atoms with Gasteiger partial charge < -0.3 is 25.5 Å². The van der Waals surface area contributed by atoms with E-state index in [9.17, 15) is 14.3 Å². The molecule has 4 rings (SSSR count). The smallest absolute Gasteiger partial charge is 0.319 e. The van der Waals surface area contributed by atoms with Crippen LogP contribution in [0.25, 0.3) is 0 Å². The predicted octanol–water partition coefficient (Wildman–Crippen LogP) is 4.38. The first-order valence-electron chi connectivity index (χ1n) is 13.2. The van der Waals surface area contributed by atoms with E-state index in [-0.39, 0.29) is 24.3 Å². The van der Waals surface area contributed by atoms with E-state index in [1.807, 2.05) is 18.5 Å². The largest absolute Gasteiger partial charge is 0.392 e. The van der Waals surface area contributed by atoms with Crippen LogP contribution in [-0.4, -0.2) is 58.7 Å². The molecule has 9 nitrogen and oxygen atoms in total. The zero-order chi connectivity index (χ0) is 26.2. The zero-order valence-electron chi connectivity index (χ0n) is 21.6. The van der Waals surface area contributed by atoms with Gasteiger partial charge in [0.2, 0.25) is 5.95 Å². The minimum absolute atomic E-state index is 0.100. The van der Waals surface area contributed by atoms with Crippen LogP contribution in [0.15, 0.2) is 35.7 Å². The molecule has 2 aromatic rings. The number of nitrogens with zero attached hydrogens (tertiary/aromatic N) is 4. The zero-order valence-corrected chi connectivity index (χ0v) is 21.6. The van der Waals surface area contributed by atoms with Gasteiger partial charge in [0, 0.05) is 44.9 Å². The minimum atomic E-state index is -0.667. The van der Waals surface area contributed by atoms with Crippen LogP contribution in [0.2, 0.25) is 0 Å². The van der Waals surface area contributed by atoms with Gasteiger partial charge in [0.05, 0.1) is 17.5 Å². The Hall–Kier alpha value is -3.27. The summed E-state index contributed by atoms with van der Waals surface area (Å²) in [6.07, 6.45) is 9.34. The highest BCUT2D eigenvalue weighted by Gasteiger charge is 2.24. The average Bonchev–Trinajstić information content (AvgIpc) is 2.92. The molecule has 0 bridgehead atoms.